The van der Waals surface area contributed by atoms with E-state index in [-0.39, 0.29) is 0 Å². The highest BCUT2D eigenvalue weighted by Crippen LogP contribution is 2.25. The van der Waals surface area contributed by atoms with Gasteiger partial charge in [-0.05, 0) is 31.5 Å². The molecule has 5 heteroatoms. The van der Waals surface area contributed by atoms with Crippen molar-refractivity contribution in [1.29, 1.82) is 0 Å². The Labute approximate surface area is 135 Å². The Morgan fingerprint density at radius 1 is 1.10 bits per heavy atom. The number of nitrogens with zero attached hydrogens (tertiary/aromatic N) is 1. The molecule has 0 saturated heterocycles. The highest BCUT2D eigenvalue weighted by atomic mass is 79.9. The number of rotatable bonds is 10. The predicted molar refractivity (Wildman–Crippen MR) is 88.9 cm³/mol. The van der Waals surface area contributed by atoms with E-state index < -0.39 is 0 Å². The topological polar surface area (TPSA) is 21.7 Å². The standard InChI is InChI=1S/C15H23BrClNO2/c1-3-19-9-7-18(8-10-20-4-2)14-6-5-13(12-17)15(16)11-14/h5-6,11H,3-4,7-10,12H2,1-2H3. The van der Waals surface area contributed by atoms with Crippen LogP contribution in [0.3, 0.4) is 0 Å². The van der Waals surface area contributed by atoms with Crippen LogP contribution < -0.4 is 4.90 Å². The van der Waals surface area contributed by atoms with Crippen LogP contribution in [0, 0.1) is 0 Å². The highest BCUT2D eigenvalue weighted by Gasteiger charge is 2.08. The van der Waals surface area contributed by atoms with Crippen LogP contribution in [0.25, 0.3) is 0 Å². The van der Waals surface area contributed by atoms with Crippen molar-refractivity contribution in [1.82, 2.24) is 0 Å². The molecule has 1 aromatic carbocycles. The van der Waals surface area contributed by atoms with E-state index in [1.54, 1.807) is 0 Å². The predicted octanol–water partition coefficient (Wildman–Crippen LogP) is 4.07. The summed E-state index contributed by atoms with van der Waals surface area (Å²) in [5.74, 6) is 0.513. The van der Waals surface area contributed by atoms with Gasteiger partial charge in [0.25, 0.3) is 0 Å². The first-order valence-corrected chi connectivity index (χ1v) is 8.30. The quantitative estimate of drug-likeness (QED) is 0.461. The molecular weight excluding hydrogens is 342 g/mol. The number of ether oxygens (including phenoxy) is 2. The largest absolute Gasteiger partial charge is 0.380 e. The van der Waals surface area contributed by atoms with Crippen molar-refractivity contribution in [3.8, 4) is 0 Å². The summed E-state index contributed by atoms with van der Waals surface area (Å²) >= 11 is 9.45. The van der Waals surface area contributed by atoms with Crippen LogP contribution in [0.1, 0.15) is 19.4 Å². The molecule has 0 atom stereocenters. The van der Waals surface area contributed by atoms with Crippen LogP contribution in [0.15, 0.2) is 22.7 Å². The number of hydrogen-bond donors (Lipinski definition) is 0. The Hall–Kier alpha value is -0.290. The first-order chi connectivity index (χ1) is 9.72. The van der Waals surface area contributed by atoms with Gasteiger partial charge in [0.15, 0.2) is 0 Å². The summed E-state index contributed by atoms with van der Waals surface area (Å²) in [6.07, 6.45) is 0. The van der Waals surface area contributed by atoms with Gasteiger partial charge in [-0.2, -0.15) is 0 Å². The summed E-state index contributed by atoms with van der Waals surface area (Å²) in [6.45, 7) is 8.66. The molecule has 0 saturated carbocycles. The zero-order valence-electron chi connectivity index (χ0n) is 12.2. The van der Waals surface area contributed by atoms with Crippen LogP contribution in [0.4, 0.5) is 5.69 Å². The molecule has 20 heavy (non-hydrogen) atoms. The summed E-state index contributed by atoms with van der Waals surface area (Å²) in [4.78, 5) is 2.27. The average molecular weight is 365 g/mol. The molecule has 0 aliphatic heterocycles. The molecule has 1 aromatic rings. The second kappa shape index (κ2) is 10.4. The molecule has 0 N–H and O–H groups in total. The Bertz CT molecular complexity index is 380. The van der Waals surface area contributed by atoms with Crippen molar-refractivity contribution in [3.63, 3.8) is 0 Å². The Kier molecular flexibility index (Phi) is 9.27. The van der Waals surface area contributed by atoms with Gasteiger partial charge in [-0.25, -0.2) is 0 Å². The lowest BCUT2D eigenvalue weighted by Gasteiger charge is -2.25. The fraction of sp³-hybridized carbons (Fsp3) is 0.600. The molecule has 0 aliphatic rings. The lowest BCUT2D eigenvalue weighted by molar-refractivity contribution is 0.141. The van der Waals surface area contributed by atoms with E-state index in [0.29, 0.717) is 5.88 Å². The summed E-state index contributed by atoms with van der Waals surface area (Å²) in [5.41, 5.74) is 2.26. The third-order valence-corrected chi connectivity index (χ3v) is 3.99. The van der Waals surface area contributed by atoms with E-state index in [9.17, 15) is 0 Å². The Morgan fingerprint density at radius 2 is 1.70 bits per heavy atom. The molecule has 0 fully saturated rings. The normalized spacial score (nSPS) is 10.8. The van der Waals surface area contributed by atoms with Crippen molar-refractivity contribution < 1.29 is 9.47 Å². The lowest BCUT2D eigenvalue weighted by Crippen LogP contribution is -2.31. The zero-order valence-corrected chi connectivity index (χ0v) is 14.5. The number of benzene rings is 1. The molecule has 0 unspecified atom stereocenters. The van der Waals surface area contributed by atoms with E-state index in [1.807, 2.05) is 13.8 Å². The lowest BCUT2D eigenvalue weighted by atomic mass is 10.2. The fourth-order valence-corrected chi connectivity index (χ4v) is 2.75. The van der Waals surface area contributed by atoms with Crippen LogP contribution in [-0.4, -0.2) is 39.5 Å². The third-order valence-electron chi connectivity index (χ3n) is 2.97. The molecule has 0 aliphatic carbocycles. The van der Waals surface area contributed by atoms with Gasteiger partial charge in [-0.1, -0.05) is 22.0 Å². The van der Waals surface area contributed by atoms with E-state index >= 15 is 0 Å². The van der Waals surface area contributed by atoms with Crippen LogP contribution in [0.5, 0.6) is 0 Å². The van der Waals surface area contributed by atoms with Crippen LogP contribution in [-0.2, 0) is 15.4 Å². The molecular formula is C15H23BrClNO2. The second-order valence-corrected chi connectivity index (χ2v) is 5.41. The maximum Gasteiger partial charge on any atom is 0.0641 e. The molecule has 1 rings (SSSR count). The first kappa shape index (κ1) is 17.8. The number of halogens is 2. The second-order valence-electron chi connectivity index (χ2n) is 4.29. The maximum absolute atomic E-state index is 5.89. The molecule has 0 radical (unpaired) electrons. The van der Waals surface area contributed by atoms with Gasteiger partial charge in [-0.3, -0.25) is 0 Å². The van der Waals surface area contributed by atoms with Crippen molar-refractivity contribution in [3.05, 3.63) is 28.2 Å². The van der Waals surface area contributed by atoms with Crippen LogP contribution in [0.2, 0.25) is 0 Å². The molecule has 3 nitrogen and oxygen atoms in total. The number of anilines is 1. The first-order valence-electron chi connectivity index (χ1n) is 6.97. The summed E-state index contributed by atoms with van der Waals surface area (Å²) in [7, 11) is 0. The summed E-state index contributed by atoms with van der Waals surface area (Å²) < 4.78 is 11.9. The zero-order chi connectivity index (χ0) is 14.8. The van der Waals surface area contributed by atoms with Gasteiger partial charge < -0.3 is 14.4 Å². The Balaban J connectivity index is 2.71. The Morgan fingerprint density at radius 3 is 2.15 bits per heavy atom. The third kappa shape index (κ3) is 6.00. The monoisotopic (exact) mass is 363 g/mol. The average Bonchev–Trinajstić information content (AvgIpc) is 2.46. The van der Waals surface area contributed by atoms with Crippen molar-refractivity contribution in [2.24, 2.45) is 0 Å². The maximum atomic E-state index is 5.89. The van der Waals surface area contributed by atoms with Crippen molar-refractivity contribution >= 4 is 33.2 Å². The highest BCUT2D eigenvalue weighted by molar-refractivity contribution is 9.10. The van der Waals surface area contributed by atoms with Crippen molar-refractivity contribution in [2.45, 2.75) is 19.7 Å². The van der Waals surface area contributed by atoms with E-state index in [2.05, 4.69) is 39.0 Å². The minimum atomic E-state index is 0.513. The smallest absolute Gasteiger partial charge is 0.0641 e. The molecule has 0 heterocycles. The fourth-order valence-electron chi connectivity index (χ4n) is 1.85. The molecule has 114 valence electrons. The summed E-state index contributed by atoms with van der Waals surface area (Å²) in [6, 6.07) is 6.26. The SMILES string of the molecule is CCOCCN(CCOCC)c1ccc(CCl)c(Br)c1. The van der Waals surface area contributed by atoms with Gasteiger partial charge in [0.05, 0.1) is 13.2 Å². The van der Waals surface area contributed by atoms with Crippen LogP contribution >= 0.6 is 27.5 Å². The van der Waals surface area contributed by atoms with Gasteiger partial charge in [0.2, 0.25) is 0 Å². The minimum absolute atomic E-state index is 0.513. The van der Waals surface area contributed by atoms with E-state index in [4.69, 9.17) is 21.1 Å². The van der Waals surface area contributed by atoms with E-state index in [1.165, 1.54) is 0 Å². The van der Waals surface area contributed by atoms with Gasteiger partial charge in [0, 0.05) is 42.3 Å². The number of hydrogen-bond acceptors (Lipinski definition) is 3. The minimum Gasteiger partial charge on any atom is -0.380 e. The molecule has 0 aromatic heterocycles. The molecule has 0 amide bonds. The molecule has 0 spiro atoms. The van der Waals surface area contributed by atoms with Crippen molar-refractivity contribution in [2.75, 3.05) is 44.4 Å². The number of alkyl halides is 1. The van der Waals surface area contributed by atoms with Gasteiger partial charge >= 0.3 is 0 Å². The summed E-state index contributed by atoms with van der Waals surface area (Å²) in [5, 5.41) is 0. The van der Waals surface area contributed by atoms with Gasteiger partial charge in [-0.15, -0.1) is 11.6 Å². The van der Waals surface area contributed by atoms with Gasteiger partial charge in [0.1, 0.15) is 0 Å². The molecule has 0 bridgehead atoms. The van der Waals surface area contributed by atoms with E-state index in [0.717, 1.165) is 55.2 Å².